The van der Waals surface area contributed by atoms with Crippen LogP contribution >= 0.6 is 0 Å². The zero-order valence-electron chi connectivity index (χ0n) is 21.1. The molecular weight excluding hydrogens is 458 g/mol. The van der Waals surface area contributed by atoms with Gasteiger partial charge in [0.05, 0.1) is 19.3 Å². The van der Waals surface area contributed by atoms with Crippen molar-refractivity contribution in [3.8, 4) is 11.5 Å². The first kappa shape index (κ1) is 25.5. The Morgan fingerprint density at radius 2 is 1.86 bits per heavy atom. The number of carbonyl (C=O) groups is 2. The molecule has 0 spiro atoms. The molecule has 1 aliphatic carbocycles. The fourth-order valence-corrected chi connectivity index (χ4v) is 4.72. The van der Waals surface area contributed by atoms with E-state index < -0.39 is 11.9 Å². The molecule has 0 amide bonds. The van der Waals surface area contributed by atoms with Crippen LogP contribution in [0.15, 0.2) is 71.1 Å². The Balaban J connectivity index is 1.67. The number of esters is 1. The second-order valence-electron chi connectivity index (χ2n) is 8.78. The van der Waals surface area contributed by atoms with Gasteiger partial charge in [0, 0.05) is 35.9 Å². The third-order valence-corrected chi connectivity index (χ3v) is 6.42. The first-order valence-corrected chi connectivity index (χ1v) is 12.4. The number of ether oxygens (including phenoxy) is 4. The molecule has 1 aliphatic heterocycles. The number of nitrogens with one attached hydrogen (secondary N) is 1. The number of dihydropyridines is 1. The van der Waals surface area contributed by atoms with Crippen molar-refractivity contribution in [2.75, 3.05) is 26.9 Å². The van der Waals surface area contributed by atoms with Gasteiger partial charge in [-0.05, 0) is 49.9 Å². The van der Waals surface area contributed by atoms with Crippen LogP contribution in [0.1, 0.15) is 50.2 Å². The first-order valence-electron chi connectivity index (χ1n) is 12.4. The predicted molar refractivity (Wildman–Crippen MR) is 136 cm³/mol. The molecule has 2 aliphatic rings. The Morgan fingerprint density at radius 3 is 2.61 bits per heavy atom. The van der Waals surface area contributed by atoms with Gasteiger partial charge < -0.3 is 24.3 Å². The highest BCUT2D eigenvalue weighted by Gasteiger charge is 2.39. The topological polar surface area (TPSA) is 83.1 Å². The molecule has 7 heteroatoms. The quantitative estimate of drug-likeness (QED) is 0.377. The number of rotatable bonds is 10. The summed E-state index contributed by atoms with van der Waals surface area (Å²) in [6.07, 6.45) is 2.00. The normalized spacial score (nSPS) is 17.4. The molecule has 2 aromatic rings. The van der Waals surface area contributed by atoms with E-state index in [4.69, 9.17) is 18.9 Å². The smallest absolute Gasteiger partial charge is 0.336 e. The lowest BCUT2D eigenvalue weighted by molar-refractivity contribution is -0.140. The number of methoxy groups -OCH3 is 1. The SMILES string of the molecule is CCOCCOC(=O)C1=C(C)NC2=C(C(=O)CCC2)C1c1ccc(OCc2ccccc2)c(OC)c1. The van der Waals surface area contributed by atoms with E-state index in [1.165, 1.54) is 0 Å². The molecule has 1 heterocycles. The molecule has 0 fully saturated rings. The Hall–Kier alpha value is -3.58. The van der Waals surface area contributed by atoms with E-state index >= 15 is 0 Å². The zero-order chi connectivity index (χ0) is 25.5. The second kappa shape index (κ2) is 11.9. The van der Waals surface area contributed by atoms with Crippen LogP contribution in [0.2, 0.25) is 0 Å². The standard InChI is InChI=1S/C29H33NO6/c1-4-34-15-16-35-29(32)26-19(2)30-22-11-8-12-23(31)28(22)27(26)21-13-14-24(25(17-21)33-3)36-18-20-9-6-5-7-10-20/h5-7,9-10,13-14,17,27,30H,4,8,11-12,15-16,18H2,1-3H3. The molecule has 0 saturated heterocycles. The summed E-state index contributed by atoms with van der Waals surface area (Å²) in [6, 6.07) is 15.5. The molecule has 1 atom stereocenters. The first-order chi connectivity index (χ1) is 17.5. The van der Waals surface area contributed by atoms with Crippen LogP contribution in [0.4, 0.5) is 0 Å². The van der Waals surface area contributed by atoms with Gasteiger partial charge in [0.1, 0.15) is 13.2 Å². The molecular formula is C29H33NO6. The van der Waals surface area contributed by atoms with Crippen LogP contribution in [0.25, 0.3) is 0 Å². The Bertz CT molecular complexity index is 1170. The van der Waals surface area contributed by atoms with Gasteiger partial charge in [0.2, 0.25) is 0 Å². The summed E-state index contributed by atoms with van der Waals surface area (Å²) in [5, 5.41) is 3.31. The van der Waals surface area contributed by atoms with Crippen LogP contribution in [-0.4, -0.2) is 38.7 Å². The van der Waals surface area contributed by atoms with Gasteiger partial charge in [0.15, 0.2) is 17.3 Å². The van der Waals surface area contributed by atoms with Gasteiger partial charge in [-0.1, -0.05) is 36.4 Å². The van der Waals surface area contributed by atoms with Crippen molar-refractivity contribution < 1.29 is 28.5 Å². The number of ketones is 1. The average molecular weight is 492 g/mol. The maximum Gasteiger partial charge on any atom is 0.336 e. The van der Waals surface area contributed by atoms with Crippen LogP contribution in [0.5, 0.6) is 11.5 Å². The highest BCUT2D eigenvalue weighted by molar-refractivity contribution is 6.03. The number of Topliss-reactive ketones (excluding diaryl/α,β-unsaturated/α-hetero) is 1. The third kappa shape index (κ3) is 5.62. The third-order valence-electron chi connectivity index (χ3n) is 6.42. The summed E-state index contributed by atoms with van der Waals surface area (Å²) in [7, 11) is 1.58. The predicted octanol–water partition coefficient (Wildman–Crippen LogP) is 4.82. The number of allylic oxidation sites excluding steroid dienone is 3. The largest absolute Gasteiger partial charge is 0.493 e. The van der Waals surface area contributed by atoms with E-state index in [1.54, 1.807) is 7.11 Å². The summed E-state index contributed by atoms with van der Waals surface area (Å²) < 4.78 is 22.5. The fraction of sp³-hybridized carbons (Fsp3) is 0.379. The van der Waals surface area contributed by atoms with Gasteiger partial charge in [-0.3, -0.25) is 4.79 Å². The minimum absolute atomic E-state index is 0.0456. The minimum atomic E-state index is -0.550. The van der Waals surface area contributed by atoms with E-state index in [2.05, 4.69) is 5.32 Å². The van der Waals surface area contributed by atoms with E-state index in [1.807, 2.05) is 62.4 Å². The molecule has 1 N–H and O–H groups in total. The van der Waals surface area contributed by atoms with Gasteiger partial charge >= 0.3 is 5.97 Å². The summed E-state index contributed by atoms with van der Waals surface area (Å²) in [4.78, 5) is 26.4. The number of carbonyl (C=O) groups excluding carboxylic acids is 2. The Morgan fingerprint density at radius 1 is 1.06 bits per heavy atom. The highest BCUT2D eigenvalue weighted by Crippen LogP contribution is 2.44. The van der Waals surface area contributed by atoms with E-state index in [0.717, 1.165) is 29.7 Å². The molecule has 4 rings (SSSR count). The average Bonchev–Trinajstić information content (AvgIpc) is 2.89. The fourth-order valence-electron chi connectivity index (χ4n) is 4.72. The van der Waals surface area contributed by atoms with Crippen molar-refractivity contribution in [1.29, 1.82) is 0 Å². The van der Waals surface area contributed by atoms with Crippen LogP contribution in [0, 0.1) is 0 Å². The lowest BCUT2D eigenvalue weighted by atomic mass is 9.75. The molecule has 0 aromatic heterocycles. The second-order valence-corrected chi connectivity index (χ2v) is 8.78. The lowest BCUT2D eigenvalue weighted by Crippen LogP contribution is -2.34. The van der Waals surface area contributed by atoms with Crippen LogP contribution in [-0.2, 0) is 25.7 Å². The summed E-state index contributed by atoms with van der Waals surface area (Å²) in [6.45, 7) is 5.15. The Kier molecular flexibility index (Phi) is 8.44. The van der Waals surface area contributed by atoms with Crippen molar-refractivity contribution in [1.82, 2.24) is 5.32 Å². The van der Waals surface area contributed by atoms with Crippen molar-refractivity contribution in [2.24, 2.45) is 0 Å². The van der Waals surface area contributed by atoms with Gasteiger partial charge in [-0.15, -0.1) is 0 Å². The molecule has 0 bridgehead atoms. The van der Waals surface area contributed by atoms with Crippen LogP contribution < -0.4 is 14.8 Å². The van der Waals surface area contributed by atoms with Crippen molar-refractivity contribution in [3.63, 3.8) is 0 Å². The summed E-state index contributed by atoms with van der Waals surface area (Å²) in [5.41, 5.74) is 4.45. The van der Waals surface area contributed by atoms with Gasteiger partial charge in [0.25, 0.3) is 0 Å². The van der Waals surface area contributed by atoms with Crippen molar-refractivity contribution in [3.05, 3.63) is 82.2 Å². The van der Waals surface area contributed by atoms with Gasteiger partial charge in [-0.2, -0.15) is 0 Å². The van der Waals surface area contributed by atoms with Gasteiger partial charge in [-0.25, -0.2) is 4.79 Å². The molecule has 0 radical (unpaired) electrons. The van der Waals surface area contributed by atoms with Crippen molar-refractivity contribution >= 4 is 11.8 Å². The molecule has 0 saturated carbocycles. The monoisotopic (exact) mass is 491 g/mol. The molecule has 1 unspecified atom stereocenters. The molecule has 190 valence electrons. The number of benzene rings is 2. The van der Waals surface area contributed by atoms with E-state index in [-0.39, 0.29) is 12.4 Å². The number of hydrogen-bond acceptors (Lipinski definition) is 7. The lowest BCUT2D eigenvalue weighted by Gasteiger charge is -2.34. The number of hydrogen-bond donors (Lipinski definition) is 1. The maximum atomic E-state index is 13.3. The zero-order valence-corrected chi connectivity index (χ0v) is 21.1. The maximum absolute atomic E-state index is 13.3. The van der Waals surface area contributed by atoms with Crippen molar-refractivity contribution in [2.45, 2.75) is 45.6 Å². The highest BCUT2D eigenvalue weighted by atomic mass is 16.6. The molecule has 7 nitrogen and oxygen atoms in total. The Labute approximate surface area is 212 Å². The van der Waals surface area contributed by atoms with E-state index in [9.17, 15) is 9.59 Å². The molecule has 36 heavy (non-hydrogen) atoms. The summed E-state index contributed by atoms with van der Waals surface area (Å²) >= 11 is 0. The van der Waals surface area contributed by atoms with E-state index in [0.29, 0.717) is 54.6 Å². The molecule has 2 aromatic carbocycles. The summed E-state index contributed by atoms with van der Waals surface area (Å²) in [5.74, 6) is 0.159. The minimum Gasteiger partial charge on any atom is -0.493 e. The van der Waals surface area contributed by atoms with Crippen LogP contribution in [0.3, 0.4) is 0 Å².